The van der Waals surface area contributed by atoms with Crippen molar-refractivity contribution in [2.24, 2.45) is 0 Å². The van der Waals surface area contributed by atoms with Crippen molar-refractivity contribution >= 4 is 28.2 Å². The minimum atomic E-state index is 0.585. The molecule has 1 aliphatic rings. The molecule has 0 radical (unpaired) electrons. The van der Waals surface area contributed by atoms with Gasteiger partial charge in [0, 0.05) is 33.3 Å². The van der Waals surface area contributed by atoms with Crippen molar-refractivity contribution in [3.8, 4) is 11.3 Å². The van der Waals surface area contributed by atoms with Crippen LogP contribution in [-0.4, -0.2) is 36.1 Å². The number of anilines is 1. The summed E-state index contributed by atoms with van der Waals surface area (Å²) < 4.78 is 0. The van der Waals surface area contributed by atoms with Crippen LogP contribution in [0.5, 0.6) is 0 Å². The molecule has 24 heavy (non-hydrogen) atoms. The molecule has 4 rings (SSSR count). The lowest BCUT2D eigenvalue weighted by molar-refractivity contribution is 0.264. The first-order chi connectivity index (χ1) is 11.7. The Bertz CT molecular complexity index is 830. The Labute approximate surface area is 147 Å². The smallest absolute Gasteiger partial charge is 0.0464 e. The number of nitrogens with zero attached hydrogens (tertiary/aromatic N) is 1. The van der Waals surface area contributed by atoms with Crippen molar-refractivity contribution < 1.29 is 0 Å². The molecule has 0 amide bonds. The Kier molecular flexibility index (Phi) is 4.21. The SMILES string of the molecule is CN1CCC(Nc2ccc(-c3cc4cc(Cl)ccc4[nH]3)cc2)CC1. The van der Waals surface area contributed by atoms with E-state index in [0.29, 0.717) is 6.04 Å². The zero-order valence-corrected chi connectivity index (χ0v) is 14.6. The zero-order chi connectivity index (χ0) is 16.5. The molecule has 1 saturated heterocycles. The van der Waals surface area contributed by atoms with Gasteiger partial charge in [0.25, 0.3) is 0 Å². The number of hydrogen-bond acceptors (Lipinski definition) is 2. The van der Waals surface area contributed by atoms with Gasteiger partial charge >= 0.3 is 0 Å². The molecule has 4 heteroatoms. The standard InChI is InChI=1S/C20H22ClN3/c1-24-10-8-18(9-11-24)22-17-5-2-14(3-6-17)20-13-15-12-16(21)4-7-19(15)23-20/h2-7,12-13,18,22-23H,8-11H2,1H3. The summed E-state index contributed by atoms with van der Waals surface area (Å²) in [5.74, 6) is 0. The molecule has 0 atom stereocenters. The third-order valence-electron chi connectivity index (χ3n) is 4.87. The van der Waals surface area contributed by atoms with E-state index in [1.54, 1.807) is 0 Å². The summed E-state index contributed by atoms with van der Waals surface area (Å²) in [6, 6.07) is 17.4. The predicted molar refractivity (Wildman–Crippen MR) is 103 cm³/mol. The second-order valence-corrected chi connectivity index (χ2v) is 7.15. The molecule has 0 unspecified atom stereocenters. The van der Waals surface area contributed by atoms with Gasteiger partial charge in [-0.05, 0) is 74.9 Å². The second-order valence-electron chi connectivity index (χ2n) is 6.71. The molecule has 3 aromatic rings. The lowest BCUT2D eigenvalue weighted by Crippen LogP contribution is -2.36. The van der Waals surface area contributed by atoms with Gasteiger partial charge in [0.05, 0.1) is 0 Å². The van der Waals surface area contributed by atoms with Crippen molar-refractivity contribution in [3.63, 3.8) is 0 Å². The van der Waals surface area contributed by atoms with Crippen LogP contribution in [0.25, 0.3) is 22.2 Å². The van der Waals surface area contributed by atoms with Crippen molar-refractivity contribution in [1.29, 1.82) is 0 Å². The number of H-pyrrole nitrogens is 1. The van der Waals surface area contributed by atoms with E-state index in [-0.39, 0.29) is 0 Å². The van der Waals surface area contributed by atoms with Gasteiger partial charge in [-0.3, -0.25) is 0 Å². The lowest BCUT2D eigenvalue weighted by atomic mass is 10.0. The maximum Gasteiger partial charge on any atom is 0.0464 e. The highest BCUT2D eigenvalue weighted by molar-refractivity contribution is 6.31. The third kappa shape index (κ3) is 3.28. The van der Waals surface area contributed by atoms with E-state index in [4.69, 9.17) is 11.6 Å². The molecule has 2 aromatic carbocycles. The van der Waals surface area contributed by atoms with E-state index in [2.05, 4.69) is 52.6 Å². The third-order valence-corrected chi connectivity index (χ3v) is 5.10. The number of benzene rings is 2. The van der Waals surface area contributed by atoms with Gasteiger partial charge in [0.2, 0.25) is 0 Å². The number of hydrogen-bond donors (Lipinski definition) is 2. The summed E-state index contributed by atoms with van der Waals surface area (Å²) in [6.07, 6.45) is 2.42. The van der Waals surface area contributed by atoms with Gasteiger partial charge < -0.3 is 15.2 Å². The predicted octanol–water partition coefficient (Wildman–Crippen LogP) is 4.99. The number of fused-ring (bicyclic) bond motifs is 1. The average molecular weight is 340 g/mol. The molecule has 1 fully saturated rings. The Morgan fingerprint density at radius 2 is 1.79 bits per heavy atom. The Hall–Kier alpha value is -1.97. The molecule has 3 nitrogen and oxygen atoms in total. The highest BCUT2D eigenvalue weighted by atomic mass is 35.5. The van der Waals surface area contributed by atoms with Crippen molar-refractivity contribution in [3.05, 3.63) is 53.6 Å². The molecule has 1 aromatic heterocycles. The van der Waals surface area contributed by atoms with Crippen LogP contribution in [0, 0.1) is 0 Å². The zero-order valence-electron chi connectivity index (χ0n) is 13.8. The van der Waals surface area contributed by atoms with Crippen LogP contribution < -0.4 is 5.32 Å². The fourth-order valence-electron chi connectivity index (χ4n) is 3.39. The summed E-state index contributed by atoms with van der Waals surface area (Å²) in [7, 11) is 2.19. The molecule has 2 heterocycles. The average Bonchev–Trinajstić information content (AvgIpc) is 3.01. The molecular formula is C20H22ClN3. The van der Waals surface area contributed by atoms with Crippen LogP contribution in [-0.2, 0) is 0 Å². The monoisotopic (exact) mass is 339 g/mol. The number of likely N-dealkylation sites (tertiary alicyclic amines) is 1. The maximum atomic E-state index is 6.07. The van der Waals surface area contributed by atoms with Crippen molar-refractivity contribution in [2.75, 3.05) is 25.5 Å². The van der Waals surface area contributed by atoms with E-state index in [9.17, 15) is 0 Å². The largest absolute Gasteiger partial charge is 0.382 e. The summed E-state index contributed by atoms with van der Waals surface area (Å²) in [5, 5.41) is 5.57. The highest BCUT2D eigenvalue weighted by Crippen LogP contribution is 2.27. The van der Waals surface area contributed by atoms with Gasteiger partial charge in [0.15, 0.2) is 0 Å². The van der Waals surface area contributed by atoms with Crippen LogP contribution in [0.15, 0.2) is 48.5 Å². The van der Waals surface area contributed by atoms with Gasteiger partial charge in [0.1, 0.15) is 0 Å². The van der Waals surface area contributed by atoms with Crippen LogP contribution in [0.4, 0.5) is 5.69 Å². The fourth-order valence-corrected chi connectivity index (χ4v) is 3.57. The lowest BCUT2D eigenvalue weighted by Gasteiger charge is -2.30. The molecule has 0 saturated carbocycles. The van der Waals surface area contributed by atoms with Gasteiger partial charge in [-0.1, -0.05) is 23.7 Å². The minimum absolute atomic E-state index is 0.585. The maximum absolute atomic E-state index is 6.07. The van der Waals surface area contributed by atoms with Crippen molar-refractivity contribution in [2.45, 2.75) is 18.9 Å². The number of nitrogens with one attached hydrogen (secondary N) is 2. The van der Waals surface area contributed by atoms with Crippen LogP contribution in [0.3, 0.4) is 0 Å². The summed E-state index contributed by atoms with van der Waals surface area (Å²) >= 11 is 6.07. The van der Waals surface area contributed by atoms with Gasteiger partial charge in [-0.25, -0.2) is 0 Å². The first kappa shape index (κ1) is 15.6. The highest BCUT2D eigenvalue weighted by Gasteiger charge is 2.16. The van der Waals surface area contributed by atoms with E-state index < -0.39 is 0 Å². The molecule has 0 spiro atoms. The normalized spacial score (nSPS) is 16.6. The fraction of sp³-hybridized carbons (Fsp3) is 0.300. The van der Waals surface area contributed by atoms with E-state index in [1.807, 2.05) is 18.2 Å². The van der Waals surface area contributed by atoms with Gasteiger partial charge in [-0.2, -0.15) is 0 Å². The molecule has 0 bridgehead atoms. The number of piperidine rings is 1. The molecule has 1 aliphatic heterocycles. The van der Waals surface area contributed by atoms with Crippen LogP contribution >= 0.6 is 11.6 Å². The number of aromatic amines is 1. The summed E-state index contributed by atoms with van der Waals surface area (Å²) in [6.45, 7) is 2.35. The number of aromatic nitrogens is 1. The first-order valence-corrected chi connectivity index (χ1v) is 8.89. The quantitative estimate of drug-likeness (QED) is 0.704. The molecular weight excluding hydrogens is 318 g/mol. The topological polar surface area (TPSA) is 31.1 Å². The van der Waals surface area contributed by atoms with Crippen molar-refractivity contribution in [1.82, 2.24) is 9.88 Å². The van der Waals surface area contributed by atoms with Gasteiger partial charge in [-0.15, -0.1) is 0 Å². The molecule has 124 valence electrons. The first-order valence-electron chi connectivity index (χ1n) is 8.51. The van der Waals surface area contributed by atoms with Crippen LogP contribution in [0.2, 0.25) is 5.02 Å². The number of halogens is 1. The Morgan fingerprint density at radius 3 is 2.54 bits per heavy atom. The molecule has 2 N–H and O–H groups in total. The van der Waals surface area contributed by atoms with Crippen LogP contribution in [0.1, 0.15) is 12.8 Å². The summed E-state index contributed by atoms with van der Waals surface area (Å²) in [5.41, 5.74) is 4.63. The van der Waals surface area contributed by atoms with E-state index in [1.165, 1.54) is 37.2 Å². The Morgan fingerprint density at radius 1 is 1.04 bits per heavy atom. The van der Waals surface area contributed by atoms with E-state index >= 15 is 0 Å². The number of rotatable bonds is 3. The minimum Gasteiger partial charge on any atom is -0.382 e. The Balaban J connectivity index is 1.50. The second kappa shape index (κ2) is 6.50. The summed E-state index contributed by atoms with van der Waals surface area (Å²) in [4.78, 5) is 5.85. The molecule has 0 aliphatic carbocycles. The van der Waals surface area contributed by atoms with E-state index in [0.717, 1.165) is 21.6 Å².